The standard InChI is InChI=1S/C16H21NO4/c1-3-10-20-16(19)12-5-7-13(8-6-12)17-15(18)14-9-4-11(2)21-14/h5-8,11,14H,3-4,9-10H2,1-2H3,(H,17,18). The smallest absolute Gasteiger partial charge is 0.338 e. The second-order valence-electron chi connectivity index (χ2n) is 5.22. The van der Waals surface area contributed by atoms with Crippen LogP contribution in [0.2, 0.25) is 0 Å². The van der Waals surface area contributed by atoms with Gasteiger partial charge in [-0.15, -0.1) is 0 Å². The van der Waals surface area contributed by atoms with Gasteiger partial charge in [0.1, 0.15) is 6.10 Å². The third-order valence-electron chi connectivity index (χ3n) is 3.35. The first-order valence-electron chi connectivity index (χ1n) is 7.33. The molecule has 1 saturated heterocycles. The summed E-state index contributed by atoms with van der Waals surface area (Å²) in [7, 11) is 0. The molecule has 1 aromatic carbocycles. The second-order valence-corrected chi connectivity index (χ2v) is 5.22. The van der Waals surface area contributed by atoms with E-state index in [1.165, 1.54) is 0 Å². The van der Waals surface area contributed by atoms with Crippen LogP contribution in [-0.2, 0) is 14.3 Å². The summed E-state index contributed by atoms with van der Waals surface area (Å²) >= 11 is 0. The lowest BCUT2D eigenvalue weighted by molar-refractivity contribution is -0.126. The van der Waals surface area contributed by atoms with Crippen molar-refractivity contribution in [3.8, 4) is 0 Å². The fourth-order valence-electron chi connectivity index (χ4n) is 2.19. The topological polar surface area (TPSA) is 64.6 Å². The molecule has 1 fully saturated rings. The molecule has 1 aromatic rings. The maximum Gasteiger partial charge on any atom is 0.338 e. The van der Waals surface area contributed by atoms with Gasteiger partial charge in [0.2, 0.25) is 0 Å². The van der Waals surface area contributed by atoms with Gasteiger partial charge < -0.3 is 14.8 Å². The van der Waals surface area contributed by atoms with E-state index in [0.29, 0.717) is 17.9 Å². The van der Waals surface area contributed by atoms with Crippen molar-refractivity contribution in [1.29, 1.82) is 0 Å². The lowest BCUT2D eigenvalue weighted by atomic mass is 10.2. The Balaban J connectivity index is 1.90. The van der Waals surface area contributed by atoms with Crippen LogP contribution in [0.4, 0.5) is 5.69 Å². The molecule has 0 saturated carbocycles. The maximum absolute atomic E-state index is 12.0. The molecule has 0 spiro atoms. The summed E-state index contributed by atoms with van der Waals surface area (Å²) in [5.41, 5.74) is 1.13. The highest BCUT2D eigenvalue weighted by molar-refractivity contribution is 5.95. The quantitative estimate of drug-likeness (QED) is 0.847. The minimum absolute atomic E-state index is 0.136. The van der Waals surface area contributed by atoms with Crippen LogP contribution in [0.25, 0.3) is 0 Å². The van der Waals surface area contributed by atoms with Gasteiger partial charge in [-0.25, -0.2) is 4.79 Å². The van der Waals surface area contributed by atoms with E-state index in [9.17, 15) is 9.59 Å². The number of rotatable bonds is 5. The van der Waals surface area contributed by atoms with Gasteiger partial charge in [0.05, 0.1) is 18.3 Å². The largest absolute Gasteiger partial charge is 0.462 e. The zero-order chi connectivity index (χ0) is 15.2. The molecule has 1 aliphatic heterocycles. The Bertz CT molecular complexity index is 498. The highest BCUT2D eigenvalue weighted by Gasteiger charge is 2.28. The lowest BCUT2D eigenvalue weighted by Gasteiger charge is -2.12. The van der Waals surface area contributed by atoms with E-state index in [0.717, 1.165) is 19.3 Å². The SMILES string of the molecule is CCCOC(=O)c1ccc(NC(=O)C2CCC(C)O2)cc1. The fourth-order valence-corrected chi connectivity index (χ4v) is 2.19. The van der Waals surface area contributed by atoms with E-state index < -0.39 is 0 Å². The molecule has 2 atom stereocenters. The van der Waals surface area contributed by atoms with Gasteiger partial charge in [-0.1, -0.05) is 6.92 Å². The van der Waals surface area contributed by atoms with Crippen molar-refractivity contribution in [1.82, 2.24) is 0 Å². The minimum Gasteiger partial charge on any atom is -0.462 e. The lowest BCUT2D eigenvalue weighted by Crippen LogP contribution is -2.27. The Hall–Kier alpha value is -1.88. The highest BCUT2D eigenvalue weighted by Crippen LogP contribution is 2.20. The van der Waals surface area contributed by atoms with E-state index in [1.807, 2.05) is 13.8 Å². The third-order valence-corrected chi connectivity index (χ3v) is 3.35. The number of hydrogen-bond acceptors (Lipinski definition) is 4. The van der Waals surface area contributed by atoms with E-state index >= 15 is 0 Å². The second kappa shape index (κ2) is 7.22. The van der Waals surface area contributed by atoms with Crippen LogP contribution in [0.5, 0.6) is 0 Å². The molecule has 1 heterocycles. The van der Waals surface area contributed by atoms with Crippen LogP contribution in [-0.4, -0.2) is 30.7 Å². The van der Waals surface area contributed by atoms with Gasteiger partial charge >= 0.3 is 5.97 Å². The van der Waals surface area contributed by atoms with E-state index in [-0.39, 0.29) is 24.1 Å². The summed E-state index contributed by atoms with van der Waals surface area (Å²) in [6.07, 6.45) is 2.19. The summed E-state index contributed by atoms with van der Waals surface area (Å²) < 4.78 is 10.6. The molecule has 1 amide bonds. The zero-order valence-corrected chi connectivity index (χ0v) is 12.4. The predicted molar refractivity (Wildman–Crippen MR) is 79.2 cm³/mol. The maximum atomic E-state index is 12.0. The number of hydrogen-bond donors (Lipinski definition) is 1. The monoisotopic (exact) mass is 291 g/mol. The fraction of sp³-hybridized carbons (Fsp3) is 0.500. The molecule has 1 aliphatic rings. The predicted octanol–water partition coefficient (Wildman–Crippen LogP) is 2.76. The van der Waals surface area contributed by atoms with E-state index in [1.54, 1.807) is 24.3 Å². The van der Waals surface area contributed by atoms with Crippen molar-refractivity contribution in [3.63, 3.8) is 0 Å². The molecule has 5 nitrogen and oxygen atoms in total. The molecule has 1 N–H and O–H groups in total. The Kier molecular flexibility index (Phi) is 5.33. The van der Waals surface area contributed by atoms with Gasteiger partial charge in [-0.05, 0) is 50.5 Å². The first-order valence-corrected chi connectivity index (χ1v) is 7.33. The Morgan fingerprint density at radius 3 is 2.57 bits per heavy atom. The van der Waals surface area contributed by atoms with Crippen molar-refractivity contribution in [2.24, 2.45) is 0 Å². The van der Waals surface area contributed by atoms with Gasteiger partial charge in [0.15, 0.2) is 0 Å². The molecule has 0 radical (unpaired) electrons. The van der Waals surface area contributed by atoms with Crippen LogP contribution in [0.1, 0.15) is 43.5 Å². The summed E-state index contributed by atoms with van der Waals surface area (Å²) in [4.78, 5) is 23.6. The minimum atomic E-state index is -0.380. The highest BCUT2D eigenvalue weighted by atomic mass is 16.5. The number of nitrogens with one attached hydrogen (secondary N) is 1. The van der Waals surface area contributed by atoms with Crippen LogP contribution in [0.15, 0.2) is 24.3 Å². The number of esters is 1. The van der Waals surface area contributed by atoms with Gasteiger partial charge in [0, 0.05) is 5.69 Å². The van der Waals surface area contributed by atoms with Crippen molar-refractivity contribution in [2.45, 2.75) is 45.3 Å². The Morgan fingerprint density at radius 2 is 2.00 bits per heavy atom. The van der Waals surface area contributed by atoms with E-state index in [4.69, 9.17) is 9.47 Å². The average Bonchev–Trinajstić information content (AvgIpc) is 2.92. The molecule has 5 heteroatoms. The van der Waals surface area contributed by atoms with Crippen LogP contribution in [0, 0.1) is 0 Å². The molecule has 0 aromatic heterocycles. The number of ether oxygens (including phenoxy) is 2. The first-order chi connectivity index (χ1) is 10.1. The van der Waals surface area contributed by atoms with Gasteiger partial charge in [-0.3, -0.25) is 4.79 Å². The molecular weight excluding hydrogens is 270 g/mol. The van der Waals surface area contributed by atoms with Crippen molar-refractivity contribution >= 4 is 17.6 Å². The average molecular weight is 291 g/mol. The van der Waals surface area contributed by atoms with Crippen LogP contribution < -0.4 is 5.32 Å². The summed E-state index contributed by atoms with van der Waals surface area (Å²) in [6, 6.07) is 6.68. The van der Waals surface area contributed by atoms with Gasteiger partial charge in [-0.2, -0.15) is 0 Å². The number of amides is 1. The Labute approximate surface area is 124 Å². The first kappa shape index (κ1) is 15.5. The third kappa shape index (κ3) is 4.29. The molecule has 0 bridgehead atoms. The van der Waals surface area contributed by atoms with Crippen molar-refractivity contribution in [3.05, 3.63) is 29.8 Å². The zero-order valence-electron chi connectivity index (χ0n) is 12.4. The molecule has 0 aliphatic carbocycles. The summed E-state index contributed by atoms with van der Waals surface area (Å²) in [5.74, 6) is -0.483. The van der Waals surface area contributed by atoms with Crippen molar-refractivity contribution < 1.29 is 19.1 Å². The summed E-state index contributed by atoms with van der Waals surface area (Å²) in [5, 5.41) is 2.80. The Morgan fingerprint density at radius 1 is 1.29 bits per heavy atom. The molecular formula is C16H21NO4. The molecule has 114 valence electrons. The number of anilines is 1. The van der Waals surface area contributed by atoms with E-state index in [2.05, 4.69) is 5.32 Å². The van der Waals surface area contributed by atoms with Crippen molar-refractivity contribution in [2.75, 3.05) is 11.9 Å². The summed E-state index contributed by atoms with van der Waals surface area (Å²) in [6.45, 7) is 4.32. The van der Waals surface area contributed by atoms with Crippen LogP contribution >= 0.6 is 0 Å². The molecule has 2 rings (SSSR count). The normalized spacial score (nSPS) is 21.0. The number of carbonyl (C=O) groups is 2. The molecule has 2 unspecified atom stereocenters. The number of benzene rings is 1. The van der Waals surface area contributed by atoms with Crippen LogP contribution in [0.3, 0.4) is 0 Å². The number of carbonyl (C=O) groups excluding carboxylic acids is 2. The van der Waals surface area contributed by atoms with Gasteiger partial charge in [0.25, 0.3) is 5.91 Å². The molecule has 21 heavy (non-hydrogen) atoms.